The van der Waals surface area contributed by atoms with Crippen molar-refractivity contribution >= 4 is 5.91 Å². The average Bonchev–Trinajstić information content (AvgIpc) is 2.75. The van der Waals surface area contributed by atoms with Gasteiger partial charge in [-0.1, -0.05) is 6.07 Å². The van der Waals surface area contributed by atoms with Gasteiger partial charge in [0.25, 0.3) is 5.91 Å². The summed E-state index contributed by atoms with van der Waals surface area (Å²) in [5.41, 5.74) is -1.07. The molecule has 2 N–H and O–H groups in total. The smallest absolute Gasteiger partial charge is 0.260 e. The molecule has 2 rings (SSSR count). The number of benzene rings is 1. The van der Waals surface area contributed by atoms with Crippen LogP contribution in [-0.2, 0) is 4.79 Å². The highest BCUT2D eigenvalue weighted by molar-refractivity contribution is 5.77. The molecule has 6 nitrogen and oxygen atoms in total. The minimum Gasteiger partial charge on any atom is -0.497 e. The van der Waals surface area contributed by atoms with Gasteiger partial charge in [0.05, 0.1) is 19.3 Å². The number of carbonyl (C=O) groups excluding carboxylic acids is 1. The Kier molecular flexibility index (Phi) is 5.63. The van der Waals surface area contributed by atoms with Crippen molar-refractivity contribution in [2.45, 2.75) is 24.9 Å². The average molecular weight is 309 g/mol. The van der Waals surface area contributed by atoms with E-state index in [0.29, 0.717) is 43.9 Å². The predicted octanol–water partition coefficient (Wildman–Crippen LogP) is 0.810. The monoisotopic (exact) mass is 309 g/mol. The number of aliphatic hydroxyl groups excluding tert-OH is 1. The lowest BCUT2D eigenvalue weighted by Crippen LogP contribution is -2.38. The second-order valence-electron chi connectivity index (χ2n) is 5.58. The molecule has 1 fully saturated rings. The first-order valence-electron chi connectivity index (χ1n) is 7.44. The van der Waals surface area contributed by atoms with Gasteiger partial charge in [0.2, 0.25) is 0 Å². The zero-order valence-corrected chi connectivity index (χ0v) is 12.8. The lowest BCUT2D eigenvalue weighted by molar-refractivity contribution is -0.133. The van der Waals surface area contributed by atoms with Crippen molar-refractivity contribution < 1.29 is 24.5 Å². The van der Waals surface area contributed by atoms with Gasteiger partial charge in [-0.05, 0) is 31.4 Å². The number of amides is 1. The van der Waals surface area contributed by atoms with Gasteiger partial charge in [-0.15, -0.1) is 0 Å². The number of aliphatic hydroxyl groups is 2. The van der Waals surface area contributed by atoms with Crippen LogP contribution < -0.4 is 9.47 Å². The van der Waals surface area contributed by atoms with Crippen LogP contribution in [0.15, 0.2) is 24.3 Å². The van der Waals surface area contributed by atoms with E-state index in [1.165, 1.54) is 0 Å². The van der Waals surface area contributed by atoms with Crippen LogP contribution in [0.25, 0.3) is 0 Å². The van der Waals surface area contributed by atoms with Crippen LogP contribution in [0.2, 0.25) is 0 Å². The number of hydrogen-bond acceptors (Lipinski definition) is 5. The third-order valence-corrected chi connectivity index (χ3v) is 3.97. The van der Waals surface area contributed by atoms with Gasteiger partial charge in [0.1, 0.15) is 11.5 Å². The maximum absolute atomic E-state index is 12.2. The first-order chi connectivity index (χ1) is 10.6. The minimum atomic E-state index is -1.07. The zero-order chi connectivity index (χ0) is 16.0. The van der Waals surface area contributed by atoms with Gasteiger partial charge in [-0.25, -0.2) is 0 Å². The quantitative estimate of drug-likeness (QED) is 0.841. The zero-order valence-electron chi connectivity index (χ0n) is 12.8. The topological polar surface area (TPSA) is 79.2 Å². The van der Waals surface area contributed by atoms with E-state index in [2.05, 4.69) is 0 Å². The van der Waals surface area contributed by atoms with Crippen molar-refractivity contribution in [1.82, 2.24) is 4.90 Å². The summed E-state index contributed by atoms with van der Waals surface area (Å²) in [6.07, 6.45) is 1.56. The van der Waals surface area contributed by atoms with Crippen LogP contribution in [0.3, 0.4) is 0 Å². The molecular weight excluding hydrogens is 286 g/mol. The molecule has 1 aromatic rings. The fourth-order valence-corrected chi connectivity index (χ4v) is 2.51. The first-order valence-corrected chi connectivity index (χ1v) is 7.44. The number of hydrogen-bond donors (Lipinski definition) is 2. The third-order valence-electron chi connectivity index (χ3n) is 3.97. The molecule has 1 saturated heterocycles. The SMILES string of the molecule is COc1cccc(OCC(=O)N2CCC[C@](O)(CO)CC2)c1. The summed E-state index contributed by atoms with van der Waals surface area (Å²) in [6, 6.07) is 7.09. The largest absolute Gasteiger partial charge is 0.497 e. The molecule has 0 aliphatic carbocycles. The van der Waals surface area contributed by atoms with Crippen molar-refractivity contribution in [2.24, 2.45) is 0 Å². The fourth-order valence-electron chi connectivity index (χ4n) is 2.51. The summed E-state index contributed by atoms with van der Waals surface area (Å²) >= 11 is 0. The van der Waals surface area contributed by atoms with Crippen molar-refractivity contribution in [3.63, 3.8) is 0 Å². The van der Waals surface area contributed by atoms with Crippen LogP contribution in [-0.4, -0.2) is 60.0 Å². The molecule has 0 bridgehead atoms. The Hall–Kier alpha value is -1.79. The van der Waals surface area contributed by atoms with E-state index in [4.69, 9.17) is 9.47 Å². The van der Waals surface area contributed by atoms with E-state index < -0.39 is 5.60 Å². The Bertz CT molecular complexity index is 507. The Morgan fingerprint density at radius 3 is 2.82 bits per heavy atom. The molecule has 0 aromatic heterocycles. The van der Waals surface area contributed by atoms with Gasteiger partial charge < -0.3 is 24.6 Å². The molecule has 1 aliphatic heterocycles. The van der Waals surface area contributed by atoms with E-state index in [0.717, 1.165) is 0 Å². The second-order valence-corrected chi connectivity index (χ2v) is 5.58. The predicted molar refractivity (Wildman–Crippen MR) is 81.0 cm³/mol. The minimum absolute atomic E-state index is 0.0509. The fraction of sp³-hybridized carbons (Fsp3) is 0.562. The summed E-state index contributed by atoms with van der Waals surface area (Å²) in [5.74, 6) is 1.13. The standard InChI is InChI=1S/C16H23NO5/c1-21-13-4-2-5-14(10-13)22-11-15(19)17-8-3-6-16(20,12-18)7-9-17/h2,4-5,10,18,20H,3,6-9,11-12H2,1H3/t16-/m1/s1. The number of carbonyl (C=O) groups is 1. The lowest BCUT2D eigenvalue weighted by atomic mass is 9.96. The molecule has 0 saturated carbocycles. The molecule has 1 heterocycles. The molecule has 22 heavy (non-hydrogen) atoms. The summed E-state index contributed by atoms with van der Waals surface area (Å²) < 4.78 is 10.6. The summed E-state index contributed by atoms with van der Waals surface area (Å²) in [6.45, 7) is 0.681. The van der Waals surface area contributed by atoms with Gasteiger partial charge in [0.15, 0.2) is 6.61 Å². The van der Waals surface area contributed by atoms with E-state index in [1.807, 2.05) is 0 Å². The Morgan fingerprint density at radius 2 is 2.09 bits per heavy atom. The van der Waals surface area contributed by atoms with E-state index >= 15 is 0 Å². The molecule has 6 heteroatoms. The highest BCUT2D eigenvalue weighted by Gasteiger charge is 2.30. The molecule has 1 atom stereocenters. The van der Waals surface area contributed by atoms with Crippen molar-refractivity contribution in [3.8, 4) is 11.5 Å². The van der Waals surface area contributed by atoms with Gasteiger partial charge in [-0.3, -0.25) is 4.79 Å². The highest BCUT2D eigenvalue weighted by Crippen LogP contribution is 2.22. The third kappa shape index (κ3) is 4.35. The number of likely N-dealkylation sites (tertiary alicyclic amines) is 1. The maximum atomic E-state index is 12.2. The second kappa shape index (κ2) is 7.47. The molecule has 122 valence electrons. The maximum Gasteiger partial charge on any atom is 0.260 e. The van der Waals surface area contributed by atoms with Crippen LogP contribution in [0.1, 0.15) is 19.3 Å². The normalized spacial score (nSPS) is 22.0. The molecule has 1 aromatic carbocycles. The molecule has 0 spiro atoms. The molecule has 1 aliphatic rings. The van der Waals surface area contributed by atoms with E-state index in [9.17, 15) is 15.0 Å². The summed E-state index contributed by atoms with van der Waals surface area (Å²) in [4.78, 5) is 13.9. The Labute approximate surface area is 130 Å². The summed E-state index contributed by atoms with van der Waals surface area (Å²) in [5, 5.41) is 19.3. The van der Waals surface area contributed by atoms with Crippen LogP contribution in [0.4, 0.5) is 0 Å². The number of methoxy groups -OCH3 is 1. The van der Waals surface area contributed by atoms with E-state index in [-0.39, 0.29) is 19.1 Å². The molecule has 1 amide bonds. The van der Waals surface area contributed by atoms with Crippen LogP contribution >= 0.6 is 0 Å². The van der Waals surface area contributed by atoms with Crippen molar-refractivity contribution in [1.29, 1.82) is 0 Å². The molecule has 0 radical (unpaired) electrons. The van der Waals surface area contributed by atoms with Crippen molar-refractivity contribution in [2.75, 3.05) is 33.4 Å². The van der Waals surface area contributed by atoms with E-state index in [1.54, 1.807) is 36.3 Å². The number of nitrogens with zero attached hydrogens (tertiary/aromatic N) is 1. The summed E-state index contributed by atoms with van der Waals surface area (Å²) in [7, 11) is 1.57. The number of ether oxygens (including phenoxy) is 2. The Morgan fingerprint density at radius 1 is 1.32 bits per heavy atom. The number of rotatable bonds is 5. The van der Waals surface area contributed by atoms with Crippen molar-refractivity contribution in [3.05, 3.63) is 24.3 Å². The Balaban J connectivity index is 1.86. The lowest BCUT2D eigenvalue weighted by Gasteiger charge is -2.24. The van der Waals surface area contributed by atoms with Crippen LogP contribution in [0.5, 0.6) is 11.5 Å². The van der Waals surface area contributed by atoms with Crippen LogP contribution in [0, 0.1) is 0 Å². The van der Waals surface area contributed by atoms with Gasteiger partial charge in [-0.2, -0.15) is 0 Å². The molecule has 0 unspecified atom stereocenters. The molecular formula is C16H23NO5. The van der Waals surface area contributed by atoms with Gasteiger partial charge in [0, 0.05) is 19.2 Å². The first kappa shape index (κ1) is 16.6. The highest BCUT2D eigenvalue weighted by atomic mass is 16.5. The van der Waals surface area contributed by atoms with Gasteiger partial charge >= 0.3 is 0 Å².